The van der Waals surface area contributed by atoms with Crippen molar-refractivity contribution >= 4 is 28.9 Å². The Labute approximate surface area is 147 Å². The molecule has 1 aliphatic heterocycles. The Morgan fingerprint density at radius 1 is 1.67 bits per heavy atom. The van der Waals surface area contributed by atoms with Crippen molar-refractivity contribution in [3.05, 3.63) is 16.1 Å². The number of ketones is 1. The van der Waals surface area contributed by atoms with E-state index < -0.39 is 5.92 Å². The molecule has 0 spiro atoms. The van der Waals surface area contributed by atoms with Gasteiger partial charge < -0.3 is 4.74 Å². The molecule has 2 atom stereocenters. The summed E-state index contributed by atoms with van der Waals surface area (Å²) in [6.45, 7) is 3.19. The lowest BCUT2D eigenvalue weighted by atomic mass is 10.1. The maximum Gasteiger partial charge on any atom is 0.209 e. The van der Waals surface area contributed by atoms with Gasteiger partial charge in [-0.2, -0.15) is 5.26 Å². The summed E-state index contributed by atoms with van der Waals surface area (Å²) in [7, 11) is 0. The van der Waals surface area contributed by atoms with Crippen LogP contribution >= 0.6 is 23.1 Å². The van der Waals surface area contributed by atoms with Crippen molar-refractivity contribution in [2.24, 2.45) is 0 Å². The molecule has 0 aromatic carbocycles. The highest BCUT2D eigenvalue weighted by molar-refractivity contribution is 7.99. The predicted molar refractivity (Wildman–Crippen MR) is 87.7 cm³/mol. The third kappa shape index (κ3) is 3.98. The van der Waals surface area contributed by atoms with Gasteiger partial charge in [0.1, 0.15) is 5.01 Å². The van der Waals surface area contributed by atoms with E-state index in [1.165, 1.54) is 23.1 Å². The quantitative estimate of drug-likeness (QED) is 0.682. The molecule has 0 amide bonds. The molecule has 2 aromatic rings. The van der Waals surface area contributed by atoms with E-state index in [9.17, 15) is 10.1 Å². The van der Waals surface area contributed by atoms with Gasteiger partial charge in [0.25, 0.3) is 0 Å². The standard InChI is InChI=1S/C14H16N6O2S2/c1-9-7-23-13(16-9)11(5-15)12(21)8-24-14-17-18-19-20(14)6-10-3-2-4-22-10/h7,10-11H,2-4,6,8H2,1H3/t10-,11-/m0/s1. The first kappa shape index (κ1) is 17.0. The molecule has 0 aliphatic carbocycles. The molecule has 1 saturated heterocycles. The van der Waals surface area contributed by atoms with Crippen LogP contribution in [-0.4, -0.2) is 49.4 Å². The third-order valence-corrected chi connectivity index (χ3v) is 5.58. The van der Waals surface area contributed by atoms with Crippen molar-refractivity contribution in [2.45, 2.75) is 43.5 Å². The molecular formula is C14H16N6O2S2. The van der Waals surface area contributed by atoms with E-state index in [0.717, 1.165) is 25.1 Å². The molecule has 0 saturated carbocycles. The molecule has 2 aromatic heterocycles. The van der Waals surface area contributed by atoms with Crippen molar-refractivity contribution in [3.63, 3.8) is 0 Å². The number of hydrogen-bond acceptors (Lipinski definition) is 9. The summed E-state index contributed by atoms with van der Waals surface area (Å²) in [4.78, 5) is 16.6. The number of nitriles is 1. The van der Waals surface area contributed by atoms with Crippen LogP contribution in [0.5, 0.6) is 0 Å². The minimum atomic E-state index is -0.835. The van der Waals surface area contributed by atoms with Crippen molar-refractivity contribution in [2.75, 3.05) is 12.4 Å². The van der Waals surface area contributed by atoms with Gasteiger partial charge >= 0.3 is 0 Å². The molecule has 24 heavy (non-hydrogen) atoms. The number of hydrogen-bond donors (Lipinski definition) is 0. The van der Waals surface area contributed by atoms with Gasteiger partial charge in [0.2, 0.25) is 5.16 Å². The van der Waals surface area contributed by atoms with E-state index in [1.54, 1.807) is 4.68 Å². The first-order valence-electron chi connectivity index (χ1n) is 7.52. The molecule has 126 valence electrons. The van der Waals surface area contributed by atoms with Crippen LogP contribution in [0.3, 0.4) is 0 Å². The minimum absolute atomic E-state index is 0.119. The Balaban J connectivity index is 1.60. The molecule has 0 bridgehead atoms. The number of carbonyl (C=O) groups is 1. The molecule has 1 fully saturated rings. The molecule has 0 unspecified atom stereocenters. The lowest BCUT2D eigenvalue weighted by molar-refractivity contribution is -0.116. The first-order valence-corrected chi connectivity index (χ1v) is 9.39. The lowest BCUT2D eigenvalue weighted by Gasteiger charge is -2.10. The summed E-state index contributed by atoms with van der Waals surface area (Å²) in [6, 6.07) is 2.04. The number of aryl methyl sites for hydroxylation is 1. The van der Waals surface area contributed by atoms with Gasteiger partial charge in [-0.25, -0.2) is 9.67 Å². The Bertz CT molecular complexity index is 747. The summed E-state index contributed by atoms with van der Waals surface area (Å²) < 4.78 is 7.24. The van der Waals surface area contributed by atoms with Crippen LogP contribution in [0, 0.1) is 18.3 Å². The largest absolute Gasteiger partial charge is 0.376 e. The van der Waals surface area contributed by atoms with Crippen LogP contribution in [0.25, 0.3) is 0 Å². The number of ether oxygens (including phenoxy) is 1. The lowest BCUT2D eigenvalue weighted by Crippen LogP contribution is -2.18. The van der Waals surface area contributed by atoms with Gasteiger partial charge in [-0.05, 0) is 30.2 Å². The second-order valence-corrected chi connectivity index (χ2v) is 7.26. The van der Waals surface area contributed by atoms with Gasteiger partial charge in [-0.1, -0.05) is 11.8 Å². The van der Waals surface area contributed by atoms with E-state index in [-0.39, 0.29) is 17.6 Å². The van der Waals surface area contributed by atoms with Gasteiger partial charge in [-0.15, -0.1) is 16.4 Å². The Hall–Kier alpha value is -1.83. The van der Waals surface area contributed by atoms with Crippen LogP contribution in [-0.2, 0) is 16.1 Å². The van der Waals surface area contributed by atoms with Crippen molar-refractivity contribution in [1.82, 2.24) is 25.2 Å². The van der Waals surface area contributed by atoms with Crippen LogP contribution in [0.4, 0.5) is 0 Å². The molecule has 10 heteroatoms. The average molecular weight is 364 g/mol. The Kier molecular flexibility index (Phi) is 5.55. The summed E-state index contributed by atoms with van der Waals surface area (Å²) in [5, 5.41) is 23.8. The smallest absolute Gasteiger partial charge is 0.209 e. The second-order valence-electron chi connectivity index (χ2n) is 5.42. The average Bonchev–Trinajstić information content (AvgIpc) is 3.30. The number of Topliss-reactive ketones (excluding diaryl/α,β-unsaturated/α-hetero) is 1. The molecular weight excluding hydrogens is 348 g/mol. The Morgan fingerprint density at radius 3 is 3.21 bits per heavy atom. The highest BCUT2D eigenvalue weighted by Crippen LogP contribution is 2.24. The van der Waals surface area contributed by atoms with Crippen molar-refractivity contribution in [3.8, 4) is 6.07 Å². The Morgan fingerprint density at radius 2 is 2.54 bits per heavy atom. The van der Waals surface area contributed by atoms with E-state index in [0.29, 0.717) is 16.7 Å². The third-order valence-electron chi connectivity index (χ3n) is 3.58. The molecule has 0 radical (unpaired) electrons. The fraction of sp³-hybridized carbons (Fsp3) is 0.571. The zero-order valence-electron chi connectivity index (χ0n) is 13.1. The molecule has 3 heterocycles. The maximum atomic E-state index is 12.4. The minimum Gasteiger partial charge on any atom is -0.376 e. The van der Waals surface area contributed by atoms with Gasteiger partial charge in [0.05, 0.1) is 24.5 Å². The monoisotopic (exact) mass is 364 g/mol. The molecule has 0 N–H and O–H groups in total. The summed E-state index contributed by atoms with van der Waals surface area (Å²) in [5.74, 6) is -0.898. The van der Waals surface area contributed by atoms with E-state index in [4.69, 9.17) is 4.74 Å². The predicted octanol–water partition coefficient (Wildman–Crippen LogP) is 1.59. The number of thioether (sulfide) groups is 1. The maximum absolute atomic E-state index is 12.4. The zero-order chi connectivity index (χ0) is 16.9. The molecule has 8 nitrogen and oxygen atoms in total. The molecule has 1 aliphatic rings. The normalized spacial score (nSPS) is 18.4. The number of nitrogens with zero attached hydrogens (tertiary/aromatic N) is 6. The highest BCUT2D eigenvalue weighted by atomic mass is 32.2. The first-order chi connectivity index (χ1) is 11.7. The van der Waals surface area contributed by atoms with Crippen LogP contribution in [0.1, 0.15) is 29.5 Å². The number of carbonyl (C=O) groups excluding carboxylic acids is 1. The van der Waals surface area contributed by atoms with E-state index in [2.05, 4.69) is 20.5 Å². The number of thiazole rings is 1. The van der Waals surface area contributed by atoms with E-state index in [1.807, 2.05) is 18.4 Å². The summed E-state index contributed by atoms with van der Waals surface area (Å²) >= 11 is 2.57. The van der Waals surface area contributed by atoms with Gasteiger partial charge in [0.15, 0.2) is 11.7 Å². The SMILES string of the molecule is Cc1csc([C@@H](C#N)C(=O)CSc2nnnn2C[C@@H]2CCCO2)n1. The van der Waals surface area contributed by atoms with Gasteiger partial charge in [-0.3, -0.25) is 4.79 Å². The summed E-state index contributed by atoms with van der Waals surface area (Å²) in [6.07, 6.45) is 2.15. The number of tetrazole rings is 1. The summed E-state index contributed by atoms with van der Waals surface area (Å²) in [5.41, 5.74) is 0.816. The number of rotatable bonds is 7. The fourth-order valence-corrected chi connectivity index (χ4v) is 4.04. The highest BCUT2D eigenvalue weighted by Gasteiger charge is 2.25. The topological polar surface area (TPSA) is 107 Å². The van der Waals surface area contributed by atoms with Crippen molar-refractivity contribution in [1.29, 1.82) is 5.26 Å². The van der Waals surface area contributed by atoms with Crippen LogP contribution in [0.15, 0.2) is 10.5 Å². The fourth-order valence-electron chi connectivity index (χ4n) is 2.38. The van der Waals surface area contributed by atoms with Gasteiger partial charge in [0, 0.05) is 17.7 Å². The van der Waals surface area contributed by atoms with E-state index >= 15 is 0 Å². The second kappa shape index (κ2) is 7.83. The molecule has 3 rings (SSSR count). The number of aromatic nitrogens is 5. The van der Waals surface area contributed by atoms with Crippen molar-refractivity contribution < 1.29 is 9.53 Å². The zero-order valence-corrected chi connectivity index (χ0v) is 14.7. The van der Waals surface area contributed by atoms with Crippen LogP contribution < -0.4 is 0 Å². The van der Waals surface area contributed by atoms with Crippen LogP contribution in [0.2, 0.25) is 0 Å².